The van der Waals surface area contributed by atoms with E-state index in [1.54, 1.807) is 84.4 Å². The Bertz CT molecular complexity index is 1520. The third-order valence-corrected chi connectivity index (χ3v) is 6.42. The Labute approximate surface area is 263 Å². The molecule has 0 aliphatic heterocycles. The number of rotatable bonds is 6. The number of halogens is 2. The molecule has 0 fully saturated rings. The van der Waals surface area contributed by atoms with Crippen LogP contribution in [0.3, 0.4) is 0 Å². The number of aliphatic hydroxyl groups excluding tert-OH is 1. The first-order chi connectivity index (χ1) is 19.5. The number of Topliss-reactive ketones (excluding diaryl/α,β-unsaturated/α-hetero) is 1. The van der Waals surface area contributed by atoms with Gasteiger partial charge in [0, 0.05) is 16.3 Å². The first kappa shape index (κ1) is 35.2. The highest BCUT2D eigenvalue weighted by molar-refractivity contribution is 9.11. The van der Waals surface area contributed by atoms with E-state index in [0.29, 0.717) is 21.2 Å². The van der Waals surface area contributed by atoms with Crippen LogP contribution in [0.1, 0.15) is 90.3 Å². The molecule has 0 bridgehead atoms. The topological polar surface area (TPSA) is 116 Å². The maximum absolute atomic E-state index is 12.1. The molecule has 10 heteroatoms. The summed E-state index contributed by atoms with van der Waals surface area (Å²) in [6.07, 6.45) is 1.89. The molecule has 228 valence electrons. The molecule has 42 heavy (non-hydrogen) atoms. The van der Waals surface area contributed by atoms with E-state index in [1.165, 1.54) is 0 Å². The van der Waals surface area contributed by atoms with Crippen LogP contribution in [-0.4, -0.2) is 34.0 Å². The molecule has 0 saturated heterocycles. The number of aliphatic hydroxyl groups is 1. The zero-order valence-electron chi connectivity index (χ0n) is 25.2. The van der Waals surface area contributed by atoms with E-state index in [-0.39, 0.29) is 18.6 Å². The van der Waals surface area contributed by atoms with Crippen molar-refractivity contribution in [2.24, 2.45) is 0 Å². The van der Waals surface area contributed by atoms with Crippen LogP contribution in [0, 0.1) is 0 Å². The summed E-state index contributed by atoms with van der Waals surface area (Å²) in [4.78, 5) is 35.5. The van der Waals surface area contributed by atoms with Gasteiger partial charge in [-0.25, -0.2) is 0 Å². The van der Waals surface area contributed by atoms with Crippen molar-refractivity contribution in [3.63, 3.8) is 0 Å². The lowest BCUT2D eigenvalue weighted by atomic mass is 10.0. The molecular formula is C32H38Br2O8. The van der Waals surface area contributed by atoms with Crippen molar-refractivity contribution in [3.8, 4) is 0 Å². The lowest BCUT2D eigenvalue weighted by molar-refractivity contribution is -0.157. The largest absolute Gasteiger partial charge is 0.463 e. The number of carbonyl (C=O) groups is 3. The minimum Gasteiger partial charge on any atom is -0.463 e. The number of hydrogen-bond acceptors (Lipinski definition) is 8. The van der Waals surface area contributed by atoms with E-state index in [0.717, 1.165) is 20.8 Å². The fraction of sp³-hybridized carbons (Fsp3) is 0.406. The number of fused-ring (bicyclic) bond motifs is 2. The normalized spacial score (nSPS) is 12.1. The molecule has 2 aromatic heterocycles. The molecular weight excluding hydrogens is 672 g/mol. The van der Waals surface area contributed by atoms with E-state index in [2.05, 4.69) is 31.9 Å². The SMILES string of the molecule is CC.CC(C)(C)OC(=O)CC(=O)c1cc(Br)c2occc2c1.CC(C)(C)OC(=O)CC(O)c1cc(Br)c2occc2c1. The molecule has 4 aromatic rings. The Hall–Kier alpha value is -2.95. The minimum absolute atomic E-state index is 0.0763. The maximum atomic E-state index is 12.1. The van der Waals surface area contributed by atoms with Crippen molar-refractivity contribution in [2.75, 3.05) is 0 Å². The average Bonchev–Trinajstić information content (AvgIpc) is 3.53. The zero-order chi connectivity index (χ0) is 31.8. The summed E-state index contributed by atoms with van der Waals surface area (Å²) < 4.78 is 22.4. The summed E-state index contributed by atoms with van der Waals surface area (Å²) in [6, 6.07) is 10.5. The zero-order valence-corrected chi connectivity index (χ0v) is 28.3. The summed E-state index contributed by atoms with van der Waals surface area (Å²) in [7, 11) is 0. The van der Waals surface area contributed by atoms with Crippen LogP contribution in [0.15, 0.2) is 66.7 Å². The molecule has 0 amide bonds. The van der Waals surface area contributed by atoms with E-state index in [4.69, 9.17) is 18.3 Å². The van der Waals surface area contributed by atoms with Gasteiger partial charge >= 0.3 is 11.9 Å². The second kappa shape index (κ2) is 15.0. The van der Waals surface area contributed by atoms with Crippen LogP contribution in [0.25, 0.3) is 21.9 Å². The van der Waals surface area contributed by atoms with Crippen LogP contribution >= 0.6 is 31.9 Å². The Morgan fingerprint density at radius 2 is 1.26 bits per heavy atom. The number of hydrogen-bond donors (Lipinski definition) is 1. The lowest BCUT2D eigenvalue weighted by Crippen LogP contribution is -2.25. The maximum Gasteiger partial charge on any atom is 0.314 e. The molecule has 0 saturated carbocycles. The molecule has 2 aromatic carbocycles. The highest BCUT2D eigenvalue weighted by Gasteiger charge is 2.22. The van der Waals surface area contributed by atoms with E-state index >= 15 is 0 Å². The molecule has 0 spiro atoms. The highest BCUT2D eigenvalue weighted by atomic mass is 79.9. The van der Waals surface area contributed by atoms with Crippen LogP contribution in [0.2, 0.25) is 0 Å². The number of furan rings is 2. The van der Waals surface area contributed by atoms with Crippen molar-refractivity contribution in [2.45, 2.75) is 85.5 Å². The number of benzene rings is 2. The number of ketones is 1. The summed E-state index contributed by atoms with van der Waals surface area (Å²) in [5, 5.41) is 11.8. The third-order valence-electron chi connectivity index (χ3n) is 5.25. The quantitative estimate of drug-likeness (QED) is 0.120. The summed E-state index contributed by atoms with van der Waals surface area (Å²) in [5.74, 6) is -1.22. The number of ether oxygens (including phenoxy) is 2. The fourth-order valence-electron chi connectivity index (χ4n) is 3.72. The van der Waals surface area contributed by atoms with Gasteiger partial charge in [0.2, 0.25) is 0 Å². The van der Waals surface area contributed by atoms with Crippen molar-refractivity contribution >= 4 is 71.5 Å². The summed E-state index contributed by atoms with van der Waals surface area (Å²) in [5.41, 5.74) is 1.36. The Kier molecular flexibility index (Phi) is 12.6. The van der Waals surface area contributed by atoms with Gasteiger partial charge in [0.05, 0.1) is 34.0 Å². The van der Waals surface area contributed by atoms with Crippen LogP contribution < -0.4 is 0 Å². The predicted molar refractivity (Wildman–Crippen MR) is 169 cm³/mol. The molecule has 0 radical (unpaired) electrons. The van der Waals surface area contributed by atoms with Gasteiger partial charge in [0.1, 0.15) is 28.8 Å². The van der Waals surface area contributed by atoms with Gasteiger partial charge in [0.25, 0.3) is 0 Å². The second-order valence-corrected chi connectivity index (χ2v) is 12.8. The van der Waals surface area contributed by atoms with Crippen molar-refractivity contribution in [1.82, 2.24) is 0 Å². The van der Waals surface area contributed by atoms with Crippen molar-refractivity contribution in [3.05, 3.63) is 69.0 Å². The Balaban J connectivity index is 0.000000277. The van der Waals surface area contributed by atoms with Gasteiger partial charge in [-0.15, -0.1) is 0 Å². The fourth-order valence-corrected chi connectivity index (χ4v) is 4.88. The van der Waals surface area contributed by atoms with Crippen LogP contribution in [-0.2, 0) is 19.1 Å². The smallest absolute Gasteiger partial charge is 0.314 e. The van der Waals surface area contributed by atoms with Gasteiger partial charge < -0.3 is 23.4 Å². The minimum atomic E-state index is -0.902. The molecule has 1 N–H and O–H groups in total. The molecule has 8 nitrogen and oxygen atoms in total. The van der Waals surface area contributed by atoms with Crippen LogP contribution in [0.5, 0.6) is 0 Å². The van der Waals surface area contributed by atoms with E-state index in [1.807, 2.05) is 19.9 Å². The average molecular weight is 710 g/mol. The van der Waals surface area contributed by atoms with E-state index < -0.39 is 29.2 Å². The first-order valence-electron chi connectivity index (χ1n) is 13.5. The number of carbonyl (C=O) groups excluding carboxylic acids is 3. The Morgan fingerprint density at radius 3 is 1.79 bits per heavy atom. The van der Waals surface area contributed by atoms with E-state index in [9.17, 15) is 19.5 Å². The summed E-state index contributed by atoms with van der Waals surface area (Å²) >= 11 is 6.74. The molecule has 1 atom stereocenters. The van der Waals surface area contributed by atoms with Crippen molar-refractivity contribution in [1.29, 1.82) is 0 Å². The third kappa shape index (κ3) is 10.7. The van der Waals surface area contributed by atoms with Gasteiger partial charge in [-0.3, -0.25) is 14.4 Å². The van der Waals surface area contributed by atoms with Gasteiger partial charge in [-0.2, -0.15) is 0 Å². The number of esters is 2. The molecule has 4 rings (SSSR count). The highest BCUT2D eigenvalue weighted by Crippen LogP contribution is 2.31. The Morgan fingerprint density at radius 1 is 0.786 bits per heavy atom. The molecule has 0 aliphatic rings. The standard InChI is InChI=1S/C15H17BrO4.C15H15BrO4.C2H6/c2*1-15(2,3)20-13(18)8-12(17)10-6-9-4-5-19-14(9)11(16)7-10;1-2/h4-7,12,17H,8H2,1-3H3;4-7H,8H2,1-3H3;1-2H3. The summed E-state index contributed by atoms with van der Waals surface area (Å²) in [6.45, 7) is 14.7. The second-order valence-electron chi connectivity index (χ2n) is 11.1. The van der Waals surface area contributed by atoms with Gasteiger partial charge in [0.15, 0.2) is 5.78 Å². The van der Waals surface area contributed by atoms with Gasteiger partial charge in [-0.1, -0.05) is 13.8 Å². The molecule has 2 heterocycles. The lowest BCUT2D eigenvalue weighted by Gasteiger charge is -2.20. The predicted octanol–water partition coefficient (Wildman–Crippen LogP) is 9.10. The molecule has 0 aliphatic carbocycles. The van der Waals surface area contributed by atoms with Crippen molar-refractivity contribution < 1.29 is 37.8 Å². The molecule has 1 unspecified atom stereocenters. The first-order valence-corrected chi connectivity index (χ1v) is 15.1. The van der Waals surface area contributed by atoms with Gasteiger partial charge in [-0.05, 0) is 115 Å². The van der Waals surface area contributed by atoms with Crippen LogP contribution in [0.4, 0.5) is 0 Å². The monoisotopic (exact) mass is 708 g/mol.